The third kappa shape index (κ3) is 5.63. The molecule has 1 amide bonds. The molecule has 188 valence electrons. The Hall–Kier alpha value is -3.01. The maximum Gasteiger partial charge on any atom is 0.417 e. The summed E-state index contributed by atoms with van der Waals surface area (Å²) in [6.07, 6.45) is 3.32. The third-order valence-corrected chi connectivity index (χ3v) is 6.90. The van der Waals surface area contributed by atoms with Crippen LogP contribution in [0.2, 0.25) is 0 Å². The highest BCUT2D eigenvalue weighted by atomic mass is 19.1. The molecule has 8 nitrogen and oxygen atoms in total. The van der Waals surface area contributed by atoms with Crippen molar-refractivity contribution in [3.8, 4) is 0 Å². The summed E-state index contributed by atoms with van der Waals surface area (Å²) in [5, 5.41) is 20.0. The standard InChI is InChI=1S/C14H18N2O2.C12H14FNO3/c1-2-16-7-5-10(6-8-16)11-3-4-12-13(9-11)18-14(17)15-12;13-8-9-3-5-10(6-4-9)12(16,17)14-7-1-2-11(14)15/h3-4,9-10H,2,5-8H2,1H3,(H,15,17);3-6,16-17H,1-2,7-8H2. The number of benzene rings is 2. The van der Waals surface area contributed by atoms with Gasteiger partial charge in [0.05, 0.1) is 5.52 Å². The van der Waals surface area contributed by atoms with E-state index in [1.54, 1.807) is 0 Å². The Morgan fingerprint density at radius 2 is 1.80 bits per heavy atom. The molecule has 2 aliphatic heterocycles. The van der Waals surface area contributed by atoms with Crippen LogP contribution in [0.5, 0.6) is 0 Å². The van der Waals surface area contributed by atoms with Crippen molar-refractivity contribution in [3.05, 3.63) is 69.7 Å². The van der Waals surface area contributed by atoms with Gasteiger partial charge in [0.15, 0.2) is 5.58 Å². The summed E-state index contributed by atoms with van der Waals surface area (Å²) in [4.78, 5) is 28.8. The van der Waals surface area contributed by atoms with Gasteiger partial charge in [-0.15, -0.1) is 0 Å². The molecule has 9 heteroatoms. The molecule has 0 unspecified atom stereocenters. The summed E-state index contributed by atoms with van der Waals surface area (Å²) in [6, 6.07) is 11.8. The van der Waals surface area contributed by atoms with Crippen molar-refractivity contribution in [2.75, 3.05) is 26.2 Å². The molecule has 0 aliphatic carbocycles. The molecule has 1 aromatic heterocycles. The first kappa shape index (κ1) is 25.1. The average Bonchev–Trinajstić information content (AvgIpc) is 3.48. The Morgan fingerprint density at radius 1 is 1.09 bits per heavy atom. The third-order valence-electron chi connectivity index (χ3n) is 6.90. The molecule has 2 saturated heterocycles. The zero-order valence-corrected chi connectivity index (χ0v) is 19.9. The van der Waals surface area contributed by atoms with Crippen LogP contribution < -0.4 is 5.76 Å². The van der Waals surface area contributed by atoms with Gasteiger partial charge in [-0.25, -0.2) is 9.18 Å². The summed E-state index contributed by atoms with van der Waals surface area (Å²) in [5.41, 5.74) is 3.38. The fourth-order valence-electron chi connectivity index (χ4n) is 4.75. The van der Waals surface area contributed by atoms with Crippen LogP contribution in [0.15, 0.2) is 51.7 Å². The zero-order valence-electron chi connectivity index (χ0n) is 19.9. The van der Waals surface area contributed by atoms with Crippen molar-refractivity contribution in [1.82, 2.24) is 14.8 Å². The zero-order chi connectivity index (χ0) is 25.0. The molecule has 3 aromatic rings. The van der Waals surface area contributed by atoms with Gasteiger partial charge in [0.1, 0.15) is 6.67 Å². The number of alkyl halides is 1. The minimum atomic E-state index is -2.30. The first-order chi connectivity index (χ1) is 16.8. The second kappa shape index (κ2) is 10.7. The lowest BCUT2D eigenvalue weighted by molar-refractivity contribution is -0.262. The number of oxazole rings is 1. The van der Waals surface area contributed by atoms with E-state index in [1.807, 2.05) is 12.1 Å². The molecule has 2 aliphatic rings. The van der Waals surface area contributed by atoms with Gasteiger partial charge in [0.2, 0.25) is 5.91 Å². The molecule has 5 rings (SSSR count). The number of fused-ring (bicyclic) bond motifs is 1. The number of likely N-dealkylation sites (tertiary alicyclic amines) is 2. The molecule has 3 N–H and O–H groups in total. The number of aromatic nitrogens is 1. The Balaban J connectivity index is 0.000000165. The lowest BCUT2D eigenvalue weighted by atomic mass is 9.89. The number of nitrogens with zero attached hydrogens (tertiary/aromatic N) is 2. The molecule has 0 bridgehead atoms. The van der Waals surface area contributed by atoms with Gasteiger partial charge in [-0.05, 0) is 68.1 Å². The normalized spacial score (nSPS) is 17.6. The van der Waals surface area contributed by atoms with Crippen molar-refractivity contribution in [3.63, 3.8) is 0 Å². The van der Waals surface area contributed by atoms with Gasteiger partial charge in [0, 0.05) is 18.5 Å². The van der Waals surface area contributed by atoms with E-state index < -0.39 is 12.6 Å². The van der Waals surface area contributed by atoms with Crippen molar-refractivity contribution < 1.29 is 23.8 Å². The van der Waals surface area contributed by atoms with E-state index in [-0.39, 0.29) is 17.2 Å². The highest BCUT2D eigenvalue weighted by Crippen LogP contribution is 2.30. The van der Waals surface area contributed by atoms with Crippen molar-refractivity contribution >= 4 is 17.0 Å². The molecule has 0 saturated carbocycles. The summed E-state index contributed by atoms with van der Waals surface area (Å²) in [5.74, 6) is -2.37. The monoisotopic (exact) mass is 485 g/mol. The first-order valence-corrected chi connectivity index (χ1v) is 12.1. The Bertz CT molecular complexity index is 1200. The number of hydrogen-bond donors (Lipinski definition) is 3. The minimum absolute atomic E-state index is 0.171. The van der Waals surface area contributed by atoms with E-state index in [4.69, 9.17) is 4.42 Å². The van der Waals surface area contributed by atoms with Crippen LogP contribution in [-0.4, -0.2) is 57.1 Å². The molecule has 3 heterocycles. The predicted octanol–water partition coefficient (Wildman–Crippen LogP) is 3.19. The first-order valence-electron chi connectivity index (χ1n) is 12.1. The number of nitrogens with one attached hydrogen (secondary N) is 1. The summed E-state index contributed by atoms with van der Waals surface area (Å²) in [7, 11) is 0. The topological polar surface area (TPSA) is 110 Å². The molecule has 2 aromatic carbocycles. The van der Waals surface area contributed by atoms with E-state index >= 15 is 0 Å². The molecule has 35 heavy (non-hydrogen) atoms. The number of H-pyrrole nitrogens is 1. The SMILES string of the molecule is CCN1CCC(c2ccc3[nH]c(=O)oc3c2)CC1.O=C1CCCN1C(O)(O)c1ccc(CF)cc1. The predicted molar refractivity (Wildman–Crippen MR) is 129 cm³/mol. The van der Waals surface area contributed by atoms with Gasteiger partial charge in [0.25, 0.3) is 5.91 Å². The Kier molecular flexibility index (Phi) is 7.69. The van der Waals surface area contributed by atoms with Crippen LogP contribution in [0.3, 0.4) is 0 Å². The van der Waals surface area contributed by atoms with Gasteiger partial charge in [-0.1, -0.05) is 37.3 Å². The number of carbonyl (C=O) groups excluding carboxylic acids is 1. The highest BCUT2D eigenvalue weighted by molar-refractivity contribution is 5.78. The van der Waals surface area contributed by atoms with Crippen molar-refractivity contribution in [2.24, 2.45) is 0 Å². The number of aliphatic hydroxyl groups is 2. The minimum Gasteiger partial charge on any atom is -0.408 e. The second-order valence-electron chi connectivity index (χ2n) is 9.09. The van der Waals surface area contributed by atoms with Crippen LogP contribution >= 0.6 is 0 Å². The fourth-order valence-corrected chi connectivity index (χ4v) is 4.75. The van der Waals surface area contributed by atoms with E-state index in [0.717, 1.165) is 30.1 Å². The van der Waals surface area contributed by atoms with E-state index in [2.05, 4.69) is 22.9 Å². The number of hydrogen-bond acceptors (Lipinski definition) is 6. The van der Waals surface area contributed by atoms with Gasteiger partial charge in [-0.2, -0.15) is 0 Å². The molecule has 2 fully saturated rings. The smallest absolute Gasteiger partial charge is 0.408 e. The number of amides is 1. The van der Waals surface area contributed by atoms with E-state index in [9.17, 15) is 24.2 Å². The Labute approximate surface area is 203 Å². The lowest BCUT2D eigenvalue weighted by Gasteiger charge is -2.32. The largest absolute Gasteiger partial charge is 0.417 e. The summed E-state index contributed by atoms with van der Waals surface area (Å²) >= 11 is 0. The maximum atomic E-state index is 12.3. The van der Waals surface area contributed by atoms with Gasteiger partial charge >= 0.3 is 5.76 Å². The van der Waals surface area contributed by atoms with Crippen molar-refractivity contribution in [2.45, 2.75) is 51.1 Å². The molecular formula is C26H32FN3O5. The quantitative estimate of drug-likeness (QED) is 0.479. The van der Waals surface area contributed by atoms with Gasteiger partial charge < -0.3 is 19.5 Å². The van der Waals surface area contributed by atoms with E-state index in [0.29, 0.717) is 36.5 Å². The fraction of sp³-hybridized carbons (Fsp3) is 0.462. The Morgan fingerprint density at radius 3 is 2.40 bits per heavy atom. The van der Waals surface area contributed by atoms with Gasteiger partial charge in [-0.3, -0.25) is 14.7 Å². The van der Waals surface area contributed by atoms with Crippen LogP contribution in [0.1, 0.15) is 55.2 Å². The lowest BCUT2D eigenvalue weighted by Crippen LogP contribution is -2.46. The number of halogens is 1. The molecular weight excluding hydrogens is 453 g/mol. The average molecular weight is 486 g/mol. The number of piperidine rings is 1. The number of carbonyl (C=O) groups is 1. The summed E-state index contributed by atoms with van der Waals surface area (Å²) in [6.45, 7) is 5.38. The number of aromatic amines is 1. The van der Waals surface area contributed by atoms with Crippen LogP contribution in [0, 0.1) is 0 Å². The van der Waals surface area contributed by atoms with Crippen LogP contribution in [0.4, 0.5) is 4.39 Å². The van der Waals surface area contributed by atoms with Crippen LogP contribution in [-0.2, 0) is 17.4 Å². The van der Waals surface area contributed by atoms with E-state index in [1.165, 1.54) is 42.7 Å². The molecule has 0 radical (unpaired) electrons. The molecule has 0 spiro atoms. The summed E-state index contributed by atoms with van der Waals surface area (Å²) < 4.78 is 17.4. The number of rotatable bonds is 5. The maximum absolute atomic E-state index is 12.3. The van der Waals surface area contributed by atoms with Crippen molar-refractivity contribution in [1.29, 1.82) is 0 Å². The highest BCUT2D eigenvalue weighted by Gasteiger charge is 2.39. The second-order valence-corrected chi connectivity index (χ2v) is 9.09. The van der Waals surface area contributed by atoms with Crippen LogP contribution in [0.25, 0.3) is 11.1 Å². The molecule has 0 atom stereocenters.